The molecule has 3 aromatic rings. The minimum atomic E-state index is 0.560. The van der Waals surface area contributed by atoms with Gasteiger partial charge in [-0.05, 0) is 42.2 Å². The van der Waals surface area contributed by atoms with Crippen LogP contribution in [0, 0.1) is 5.92 Å². The molecule has 5 heteroatoms. The van der Waals surface area contributed by atoms with Crippen molar-refractivity contribution in [2.24, 2.45) is 5.92 Å². The fraction of sp³-hybridized carbons (Fsp3) is 0.273. The molecule has 5 nitrogen and oxygen atoms in total. The molecule has 0 saturated heterocycles. The summed E-state index contributed by atoms with van der Waals surface area (Å²) in [6.45, 7) is 5.89. The van der Waals surface area contributed by atoms with Gasteiger partial charge in [-0.25, -0.2) is 9.97 Å². The third-order valence-corrected chi connectivity index (χ3v) is 4.07. The molecule has 140 valence electrons. The Morgan fingerprint density at radius 2 is 1.67 bits per heavy atom. The van der Waals surface area contributed by atoms with Crippen molar-refractivity contribution in [1.82, 2.24) is 9.97 Å². The highest BCUT2D eigenvalue weighted by Crippen LogP contribution is 2.20. The number of anilines is 3. The number of nitrogens with one attached hydrogen (secondary N) is 2. The number of rotatable bonds is 9. The summed E-state index contributed by atoms with van der Waals surface area (Å²) in [4.78, 5) is 8.55. The zero-order valence-electron chi connectivity index (χ0n) is 15.9. The molecule has 1 heterocycles. The molecule has 2 aromatic carbocycles. The summed E-state index contributed by atoms with van der Waals surface area (Å²) in [7, 11) is 0. The molecular weight excluding hydrogens is 336 g/mol. The molecule has 0 aliphatic heterocycles. The van der Waals surface area contributed by atoms with E-state index in [1.807, 2.05) is 48.5 Å². The molecule has 2 N–H and O–H groups in total. The van der Waals surface area contributed by atoms with Crippen LogP contribution in [0.3, 0.4) is 0 Å². The van der Waals surface area contributed by atoms with E-state index in [1.54, 1.807) is 6.33 Å². The first kappa shape index (κ1) is 18.7. The maximum atomic E-state index is 5.82. The maximum Gasteiger partial charge on any atom is 0.135 e. The number of nitrogens with zero attached hydrogens (tertiary/aromatic N) is 2. The third kappa shape index (κ3) is 6.29. The molecule has 27 heavy (non-hydrogen) atoms. The molecule has 0 amide bonds. The van der Waals surface area contributed by atoms with Gasteiger partial charge in [-0.15, -0.1) is 0 Å². The van der Waals surface area contributed by atoms with E-state index in [2.05, 4.69) is 46.6 Å². The van der Waals surface area contributed by atoms with Crippen LogP contribution in [0.15, 0.2) is 67.0 Å². The smallest absolute Gasteiger partial charge is 0.135 e. The Bertz CT molecular complexity index is 819. The van der Waals surface area contributed by atoms with E-state index in [1.165, 1.54) is 0 Å². The van der Waals surface area contributed by atoms with Gasteiger partial charge in [0.05, 0.1) is 0 Å². The molecule has 1 aromatic heterocycles. The summed E-state index contributed by atoms with van der Waals surface area (Å²) in [6.07, 6.45) is 2.68. The molecule has 0 bridgehead atoms. The van der Waals surface area contributed by atoms with E-state index in [-0.39, 0.29) is 0 Å². The molecule has 0 radical (unpaired) electrons. The van der Waals surface area contributed by atoms with Gasteiger partial charge in [-0.3, -0.25) is 0 Å². The van der Waals surface area contributed by atoms with Gasteiger partial charge in [0.2, 0.25) is 0 Å². The van der Waals surface area contributed by atoms with E-state index in [0.29, 0.717) is 12.5 Å². The van der Waals surface area contributed by atoms with Gasteiger partial charge < -0.3 is 15.4 Å². The third-order valence-electron chi connectivity index (χ3n) is 4.07. The van der Waals surface area contributed by atoms with Crippen molar-refractivity contribution in [2.75, 3.05) is 17.2 Å². The highest BCUT2D eigenvalue weighted by molar-refractivity contribution is 5.59. The minimum absolute atomic E-state index is 0.560. The van der Waals surface area contributed by atoms with Crippen LogP contribution in [-0.2, 0) is 6.61 Å². The van der Waals surface area contributed by atoms with Crippen LogP contribution >= 0.6 is 0 Å². The van der Waals surface area contributed by atoms with Crippen molar-refractivity contribution in [3.05, 3.63) is 72.6 Å². The second-order valence-corrected chi connectivity index (χ2v) is 6.82. The highest BCUT2D eigenvalue weighted by Gasteiger charge is 2.02. The van der Waals surface area contributed by atoms with E-state index in [0.717, 1.165) is 41.6 Å². The van der Waals surface area contributed by atoms with Crippen molar-refractivity contribution < 1.29 is 4.74 Å². The van der Waals surface area contributed by atoms with Crippen molar-refractivity contribution in [2.45, 2.75) is 26.9 Å². The Kier molecular flexibility index (Phi) is 6.63. The van der Waals surface area contributed by atoms with Gasteiger partial charge in [0.25, 0.3) is 0 Å². The van der Waals surface area contributed by atoms with E-state index in [4.69, 9.17) is 4.74 Å². The van der Waals surface area contributed by atoms with Crippen LogP contribution < -0.4 is 15.4 Å². The number of aromatic nitrogens is 2. The lowest BCUT2D eigenvalue weighted by Gasteiger charge is -2.10. The Balaban J connectivity index is 1.53. The fourth-order valence-corrected chi connectivity index (χ4v) is 2.53. The van der Waals surface area contributed by atoms with Crippen LogP contribution in [0.2, 0.25) is 0 Å². The lowest BCUT2D eigenvalue weighted by Crippen LogP contribution is -2.07. The summed E-state index contributed by atoms with van der Waals surface area (Å²) in [6, 6.07) is 19.9. The maximum absolute atomic E-state index is 5.82. The Labute approximate surface area is 160 Å². The molecule has 0 spiro atoms. The SMILES string of the molecule is CC(C)CCNc1cc(Nc2ccc(OCc3ccccc3)cc2)ncn1. The average Bonchev–Trinajstić information content (AvgIpc) is 2.68. The molecular formula is C22H26N4O. The quantitative estimate of drug-likeness (QED) is 0.544. The van der Waals surface area contributed by atoms with Gasteiger partial charge in [0.1, 0.15) is 30.3 Å². The molecule has 3 rings (SSSR count). The molecule has 0 aliphatic carbocycles. The Morgan fingerprint density at radius 3 is 2.41 bits per heavy atom. The summed E-state index contributed by atoms with van der Waals surface area (Å²) in [5.74, 6) is 3.09. The predicted octanol–water partition coefficient (Wildman–Crippen LogP) is 5.26. The van der Waals surface area contributed by atoms with E-state index < -0.39 is 0 Å². The zero-order chi connectivity index (χ0) is 18.9. The van der Waals surface area contributed by atoms with Gasteiger partial charge in [0.15, 0.2) is 0 Å². The van der Waals surface area contributed by atoms with Crippen molar-refractivity contribution in [1.29, 1.82) is 0 Å². The number of hydrogen-bond donors (Lipinski definition) is 2. The number of hydrogen-bond acceptors (Lipinski definition) is 5. The Morgan fingerprint density at radius 1 is 0.926 bits per heavy atom. The highest BCUT2D eigenvalue weighted by atomic mass is 16.5. The van der Waals surface area contributed by atoms with E-state index >= 15 is 0 Å². The summed E-state index contributed by atoms with van der Waals surface area (Å²) < 4.78 is 5.82. The molecule has 0 aliphatic rings. The van der Waals surface area contributed by atoms with Gasteiger partial charge in [-0.1, -0.05) is 44.2 Å². The number of ether oxygens (including phenoxy) is 1. The summed E-state index contributed by atoms with van der Waals surface area (Å²) in [5, 5.41) is 6.63. The zero-order valence-corrected chi connectivity index (χ0v) is 15.9. The summed E-state index contributed by atoms with van der Waals surface area (Å²) in [5.41, 5.74) is 2.10. The van der Waals surface area contributed by atoms with Gasteiger partial charge >= 0.3 is 0 Å². The normalized spacial score (nSPS) is 10.6. The second kappa shape index (κ2) is 9.57. The average molecular weight is 362 g/mol. The van der Waals surface area contributed by atoms with Crippen molar-refractivity contribution in [3.63, 3.8) is 0 Å². The van der Waals surface area contributed by atoms with Crippen molar-refractivity contribution in [3.8, 4) is 5.75 Å². The van der Waals surface area contributed by atoms with Crippen LogP contribution in [0.4, 0.5) is 17.3 Å². The van der Waals surface area contributed by atoms with Gasteiger partial charge in [0, 0.05) is 18.3 Å². The molecule has 0 atom stereocenters. The number of benzene rings is 2. The molecule has 0 saturated carbocycles. The van der Waals surface area contributed by atoms with E-state index in [9.17, 15) is 0 Å². The lowest BCUT2D eigenvalue weighted by molar-refractivity contribution is 0.306. The monoisotopic (exact) mass is 362 g/mol. The Hall–Kier alpha value is -3.08. The van der Waals surface area contributed by atoms with Crippen LogP contribution in [0.1, 0.15) is 25.8 Å². The van der Waals surface area contributed by atoms with Crippen LogP contribution in [-0.4, -0.2) is 16.5 Å². The minimum Gasteiger partial charge on any atom is -0.489 e. The largest absolute Gasteiger partial charge is 0.489 e. The standard InChI is InChI=1S/C22H26N4O/c1-17(2)12-13-23-21-14-22(25-16-24-21)26-19-8-10-20(11-9-19)27-15-18-6-4-3-5-7-18/h3-11,14,16-17H,12-13,15H2,1-2H3,(H2,23,24,25,26). The van der Waals surface area contributed by atoms with Crippen molar-refractivity contribution >= 4 is 17.3 Å². The second-order valence-electron chi connectivity index (χ2n) is 6.82. The summed E-state index contributed by atoms with van der Waals surface area (Å²) >= 11 is 0. The molecule has 0 fully saturated rings. The lowest BCUT2D eigenvalue weighted by atomic mass is 10.1. The first-order valence-corrected chi connectivity index (χ1v) is 9.29. The topological polar surface area (TPSA) is 59.1 Å². The van der Waals surface area contributed by atoms with Crippen LogP contribution in [0.5, 0.6) is 5.75 Å². The van der Waals surface area contributed by atoms with Crippen LogP contribution in [0.25, 0.3) is 0 Å². The van der Waals surface area contributed by atoms with Gasteiger partial charge in [-0.2, -0.15) is 0 Å². The predicted molar refractivity (Wildman–Crippen MR) is 110 cm³/mol. The molecule has 0 unspecified atom stereocenters. The first-order chi connectivity index (χ1) is 13.2. The fourth-order valence-electron chi connectivity index (χ4n) is 2.53. The first-order valence-electron chi connectivity index (χ1n) is 9.29.